The van der Waals surface area contributed by atoms with Gasteiger partial charge in [0, 0.05) is 36.2 Å². The Morgan fingerprint density at radius 1 is 1.10 bits per heavy atom. The van der Waals surface area contributed by atoms with E-state index in [0.29, 0.717) is 28.0 Å². The largest absolute Gasteiger partial charge is 0.489 e. The third kappa shape index (κ3) is 4.72. The number of nitrogens with one attached hydrogen (secondary N) is 1. The minimum Gasteiger partial charge on any atom is -0.489 e. The number of nitrogens with zero attached hydrogens (tertiary/aromatic N) is 4. The van der Waals surface area contributed by atoms with Gasteiger partial charge in [-0.1, -0.05) is 0 Å². The second kappa shape index (κ2) is 9.47. The van der Waals surface area contributed by atoms with Gasteiger partial charge >= 0.3 is 0 Å². The maximum Gasteiger partial charge on any atom is 0.259 e. The van der Waals surface area contributed by atoms with Crippen LogP contribution in [0.4, 0.5) is 17.6 Å². The Labute approximate surface area is 224 Å². The maximum atomic E-state index is 14.6. The van der Waals surface area contributed by atoms with Gasteiger partial charge in [0.2, 0.25) is 15.3 Å². The van der Waals surface area contributed by atoms with E-state index in [9.17, 15) is 30.8 Å². The molecule has 1 aliphatic carbocycles. The van der Waals surface area contributed by atoms with Crippen molar-refractivity contribution in [2.45, 2.75) is 41.6 Å². The van der Waals surface area contributed by atoms with Gasteiger partial charge in [0.25, 0.3) is 11.8 Å². The van der Waals surface area contributed by atoms with Gasteiger partial charge in [-0.3, -0.25) is 9.78 Å². The number of amides is 1. The summed E-state index contributed by atoms with van der Waals surface area (Å²) in [4.78, 5) is 29.1. The molecule has 0 bridgehead atoms. The van der Waals surface area contributed by atoms with E-state index in [1.807, 2.05) is 0 Å². The number of benzene rings is 1. The van der Waals surface area contributed by atoms with Crippen molar-refractivity contribution in [2.24, 2.45) is 0 Å². The normalized spacial score (nSPS) is 20.7. The minimum atomic E-state index is -4.54. The number of alkyl halides is 3. The lowest BCUT2D eigenvalue weighted by Crippen LogP contribution is -2.24. The molecule has 2 atom stereocenters. The zero-order chi connectivity index (χ0) is 28.2. The minimum absolute atomic E-state index is 0.0539. The van der Waals surface area contributed by atoms with Crippen LogP contribution in [0, 0.1) is 5.82 Å². The molecule has 9 nitrogen and oxygen atoms in total. The van der Waals surface area contributed by atoms with Crippen LogP contribution in [0.3, 0.4) is 0 Å². The van der Waals surface area contributed by atoms with Crippen LogP contribution in [0.25, 0.3) is 22.3 Å². The lowest BCUT2D eigenvalue weighted by Gasteiger charge is -2.12. The first kappa shape index (κ1) is 26.0. The molecular formula is C26H19F4N5O4S. The summed E-state index contributed by atoms with van der Waals surface area (Å²) in [6, 6.07) is 8.28. The highest BCUT2D eigenvalue weighted by Crippen LogP contribution is 2.54. The number of rotatable bonds is 5. The number of pyridine rings is 2. The van der Waals surface area contributed by atoms with Crippen LogP contribution in [0.2, 0.25) is 0 Å². The van der Waals surface area contributed by atoms with Crippen molar-refractivity contribution in [3.63, 3.8) is 0 Å². The van der Waals surface area contributed by atoms with E-state index in [0.717, 1.165) is 12.1 Å². The summed E-state index contributed by atoms with van der Waals surface area (Å²) in [5.74, 6) is -6.28. The standard InChI is InChI=1S/C26H19F4N5O4S/c27-17-7-14(8-21-23(17)39-6-4-22(28)40(21,37)38)25(36)33-12-15-9-20-13(11-32-15)1-2-18(34-20)19-3-5-31-24(35-19)16-10-26(16,29)30/h1-3,5,7-9,11,16,22H,4,6,10,12H2,(H,33,36)/t16-,22-/m1/s1. The second-order valence-corrected chi connectivity index (χ2v) is 11.5. The molecule has 40 heavy (non-hydrogen) atoms. The molecular weight excluding hydrogens is 554 g/mol. The van der Waals surface area contributed by atoms with Crippen LogP contribution in [0.1, 0.15) is 40.6 Å². The smallest absolute Gasteiger partial charge is 0.259 e. The van der Waals surface area contributed by atoms with Gasteiger partial charge in [0.15, 0.2) is 11.6 Å². The van der Waals surface area contributed by atoms with E-state index in [2.05, 4.69) is 25.3 Å². The molecule has 14 heteroatoms. The third-order valence-electron chi connectivity index (χ3n) is 6.64. The fourth-order valence-electron chi connectivity index (χ4n) is 4.35. The van der Waals surface area contributed by atoms with Crippen LogP contribution in [0.15, 0.2) is 53.7 Å². The zero-order valence-corrected chi connectivity index (χ0v) is 21.3. The fraction of sp³-hybridized carbons (Fsp3) is 0.269. The highest BCUT2D eigenvalue weighted by molar-refractivity contribution is 7.92. The summed E-state index contributed by atoms with van der Waals surface area (Å²) in [5, 5.41) is 3.20. The Bertz CT molecular complexity index is 1790. The lowest BCUT2D eigenvalue weighted by molar-refractivity contribution is 0.0949. The SMILES string of the molecule is O=C(NCc1cc2nc(-c3ccnc([C@H]4CC4(F)F)n3)ccc2cn1)c1cc(F)c2c(c1)S(=O)(=O)[C@@H](F)CCO2. The van der Waals surface area contributed by atoms with E-state index < -0.39 is 56.0 Å². The first-order valence-electron chi connectivity index (χ1n) is 12.1. The maximum absolute atomic E-state index is 14.6. The zero-order valence-electron chi connectivity index (χ0n) is 20.4. The second-order valence-electron chi connectivity index (χ2n) is 9.44. The molecule has 206 valence electrons. The van der Waals surface area contributed by atoms with Crippen LogP contribution in [-0.4, -0.2) is 52.3 Å². The van der Waals surface area contributed by atoms with Crippen LogP contribution < -0.4 is 10.1 Å². The highest BCUT2D eigenvalue weighted by Gasteiger charge is 2.59. The molecule has 1 fully saturated rings. The van der Waals surface area contributed by atoms with Crippen molar-refractivity contribution in [3.8, 4) is 17.1 Å². The van der Waals surface area contributed by atoms with Crippen molar-refractivity contribution in [2.75, 3.05) is 6.61 Å². The molecule has 0 spiro atoms. The molecule has 1 aliphatic heterocycles. The van der Waals surface area contributed by atoms with Crippen molar-refractivity contribution in [1.29, 1.82) is 0 Å². The van der Waals surface area contributed by atoms with Crippen LogP contribution >= 0.6 is 0 Å². The van der Waals surface area contributed by atoms with Crippen LogP contribution in [0.5, 0.6) is 5.75 Å². The van der Waals surface area contributed by atoms with E-state index in [4.69, 9.17) is 4.74 Å². The lowest BCUT2D eigenvalue weighted by atomic mass is 10.1. The molecule has 6 rings (SSSR count). The summed E-state index contributed by atoms with van der Waals surface area (Å²) in [5.41, 5.74) is -0.949. The number of hydrogen-bond acceptors (Lipinski definition) is 8. The predicted molar refractivity (Wildman–Crippen MR) is 133 cm³/mol. The van der Waals surface area contributed by atoms with Crippen molar-refractivity contribution >= 4 is 26.6 Å². The summed E-state index contributed by atoms with van der Waals surface area (Å²) < 4.78 is 85.7. The van der Waals surface area contributed by atoms with Crippen molar-refractivity contribution < 1.29 is 35.5 Å². The molecule has 0 unspecified atom stereocenters. The van der Waals surface area contributed by atoms with Crippen LogP contribution in [-0.2, 0) is 16.4 Å². The van der Waals surface area contributed by atoms with Crippen molar-refractivity contribution in [1.82, 2.24) is 25.3 Å². The first-order chi connectivity index (χ1) is 19.0. The van der Waals surface area contributed by atoms with E-state index >= 15 is 0 Å². The Morgan fingerprint density at radius 2 is 1.88 bits per heavy atom. The number of carbonyl (C=O) groups is 1. The summed E-state index contributed by atoms with van der Waals surface area (Å²) in [6.45, 7) is -0.448. The number of halogens is 4. The van der Waals surface area contributed by atoms with Crippen molar-refractivity contribution in [3.05, 3.63) is 71.7 Å². The Hall–Kier alpha value is -4.20. The number of aromatic nitrogens is 4. The molecule has 0 saturated heterocycles. The monoisotopic (exact) mass is 573 g/mol. The number of ether oxygens (including phenoxy) is 1. The van der Waals surface area contributed by atoms with E-state index in [1.54, 1.807) is 24.3 Å². The average molecular weight is 574 g/mol. The molecule has 1 aromatic carbocycles. The van der Waals surface area contributed by atoms with Gasteiger partial charge in [-0.15, -0.1) is 0 Å². The molecule has 3 aromatic heterocycles. The molecule has 1 N–H and O–H groups in total. The number of sulfone groups is 1. The Balaban J connectivity index is 1.22. The van der Waals surface area contributed by atoms with E-state index in [1.165, 1.54) is 12.4 Å². The summed E-state index contributed by atoms with van der Waals surface area (Å²) >= 11 is 0. The Morgan fingerprint density at radius 3 is 2.65 bits per heavy atom. The van der Waals surface area contributed by atoms with Gasteiger partial charge in [-0.05, 0) is 36.4 Å². The molecule has 2 aliphatic rings. The third-order valence-corrected chi connectivity index (χ3v) is 8.47. The predicted octanol–water partition coefficient (Wildman–Crippen LogP) is 4.13. The first-order valence-corrected chi connectivity index (χ1v) is 13.7. The van der Waals surface area contributed by atoms with Gasteiger partial charge in [0.1, 0.15) is 10.7 Å². The van der Waals surface area contributed by atoms with Gasteiger partial charge < -0.3 is 10.1 Å². The molecule has 1 amide bonds. The molecule has 0 radical (unpaired) electrons. The number of fused-ring (bicyclic) bond motifs is 2. The van der Waals surface area contributed by atoms with Gasteiger partial charge in [0.05, 0.1) is 41.7 Å². The molecule has 4 aromatic rings. The summed E-state index contributed by atoms with van der Waals surface area (Å²) in [7, 11) is -4.54. The number of carbonyl (C=O) groups excluding carboxylic acids is 1. The fourth-order valence-corrected chi connectivity index (χ4v) is 5.73. The Kier molecular flexibility index (Phi) is 6.16. The van der Waals surface area contributed by atoms with E-state index in [-0.39, 0.29) is 31.0 Å². The molecule has 4 heterocycles. The highest BCUT2D eigenvalue weighted by atomic mass is 32.2. The quantitative estimate of drug-likeness (QED) is 0.354. The number of hydrogen-bond donors (Lipinski definition) is 1. The average Bonchev–Trinajstić information content (AvgIpc) is 3.61. The van der Waals surface area contributed by atoms with Gasteiger partial charge in [-0.25, -0.2) is 40.9 Å². The summed E-state index contributed by atoms with van der Waals surface area (Å²) in [6.07, 6.45) is 2.18. The topological polar surface area (TPSA) is 124 Å². The molecule has 1 saturated carbocycles. The van der Waals surface area contributed by atoms with Gasteiger partial charge in [-0.2, -0.15) is 0 Å².